The molecule has 17 heavy (non-hydrogen) atoms. The molecule has 3 nitrogen and oxygen atoms in total. The van der Waals surface area contributed by atoms with Crippen LogP contribution in [0.2, 0.25) is 0 Å². The fourth-order valence-electron chi connectivity index (χ4n) is 2.12. The first kappa shape index (κ1) is 11.7. The van der Waals surface area contributed by atoms with Crippen molar-refractivity contribution in [1.29, 1.82) is 0 Å². The van der Waals surface area contributed by atoms with Crippen LogP contribution in [0.15, 0.2) is 30.5 Å². The molecule has 0 saturated carbocycles. The number of carbonyl (C=O) groups excluding carboxylic acids is 1. The Hall–Kier alpha value is -1.77. The van der Waals surface area contributed by atoms with E-state index in [9.17, 15) is 4.79 Å². The van der Waals surface area contributed by atoms with E-state index in [0.29, 0.717) is 13.0 Å². The highest BCUT2D eigenvalue weighted by Crippen LogP contribution is 2.31. The van der Waals surface area contributed by atoms with Gasteiger partial charge in [0.1, 0.15) is 0 Å². The average Bonchev–Trinajstić information content (AvgIpc) is 2.33. The molecule has 3 heteroatoms. The second-order valence-corrected chi connectivity index (χ2v) is 4.14. The maximum atomic E-state index is 11.6. The molecule has 1 aromatic rings. The number of hydrogen-bond donors (Lipinski definition) is 0. The van der Waals surface area contributed by atoms with E-state index in [1.165, 1.54) is 11.1 Å². The van der Waals surface area contributed by atoms with Crippen LogP contribution in [0.5, 0.6) is 0 Å². The maximum absolute atomic E-state index is 11.6. The van der Waals surface area contributed by atoms with Gasteiger partial charge >= 0.3 is 5.97 Å². The Balaban J connectivity index is 2.21. The zero-order chi connectivity index (χ0) is 12.3. The molecule has 0 fully saturated rings. The van der Waals surface area contributed by atoms with Crippen LogP contribution >= 0.6 is 0 Å². The quantitative estimate of drug-likeness (QED) is 0.749. The molecule has 1 aliphatic heterocycles. The lowest BCUT2D eigenvalue weighted by atomic mass is 9.94. The fourth-order valence-corrected chi connectivity index (χ4v) is 2.12. The summed E-state index contributed by atoms with van der Waals surface area (Å²) in [5.41, 5.74) is 2.37. The molecule has 0 radical (unpaired) electrons. The molecule has 1 unspecified atom stereocenters. The second kappa shape index (κ2) is 5.04. The van der Waals surface area contributed by atoms with E-state index in [-0.39, 0.29) is 12.0 Å². The Bertz CT molecular complexity index is 440. The van der Waals surface area contributed by atoms with Gasteiger partial charge in [0.15, 0.2) is 0 Å². The van der Waals surface area contributed by atoms with E-state index >= 15 is 0 Å². The molecule has 0 aromatic heterocycles. The molecule has 0 amide bonds. The van der Waals surface area contributed by atoms with Gasteiger partial charge in [-0.05, 0) is 30.3 Å². The molecule has 1 aromatic carbocycles. The van der Waals surface area contributed by atoms with Gasteiger partial charge in [0.2, 0.25) is 0 Å². The molecule has 90 valence electrons. The standard InChI is InChI=1S/C14H17NO2/c1-3-17-14(16)10-13-12-7-5-4-6-11(12)8-9-15(13)2/h4-9,13H,3,10H2,1-2H3. The van der Waals surface area contributed by atoms with Crippen molar-refractivity contribution in [2.45, 2.75) is 19.4 Å². The van der Waals surface area contributed by atoms with Crippen molar-refractivity contribution in [1.82, 2.24) is 4.90 Å². The van der Waals surface area contributed by atoms with Crippen molar-refractivity contribution in [2.75, 3.05) is 13.7 Å². The molecular weight excluding hydrogens is 214 g/mol. The topological polar surface area (TPSA) is 29.5 Å². The summed E-state index contributed by atoms with van der Waals surface area (Å²) in [7, 11) is 1.98. The van der Waals surface area contributed by atoms with E-state index in [1.807, 2.05) is 32.3 Å². The van der Waals surface area contributed by atoms with Crippen molar-refractivity contribution in [3.63, 3.8) is 0 Å². The van der Waals surface area contributed by atoms with Gasteiger partial charge < -0.3 is 9.64 Å². The highest BCUT2D eigenvalue weighted by molar-refractivity contribution is 5.71. The molecule has 2 rings (SSSR count). The number of benzene rings is 1. The first-order valence-corrected chi connectivity index (χ1v) is 5.87. The number of esters is 1. The molecule has 0 bridgehead atoms. The SMILES string of the molecule is CCOC(=O)CC1c2ccccc2C=CN1C. The van der Waals surface area contributed by atoms with Gasteiger partial charge in [-0.25, -0.2) is 0 Å². The smallest absolute Gasteiger partial charge is 0.308 e. The number of carbonyl (C=O) groups is 1. The lowest BCUT2D eigenvalue weighted by Gasteiger charge is -2.31. The van der Waals surface area contributed by atoms with Crippen LogP contribution in [0.4, 0.5) is 0 Å². The lowest BCUT2D eigenvalue weighted by Crippen LogP contribution is -2.25. The maximum Gasteiger partial charge on any atom is 0.308 e. The van der Waals surface area contributed by atoms with Gasteiger partial charge in [-0.3, -0.25) is 4.79 Å². The van der Waals surface area contributed by atoms with Crippen LogP contribution in [0.1, 0.15) is 30.5 Å². The molecular formula is C14H17NO2. The Morgan fingerprint density at radius 2 is 2.18 bits per heavy atom. The summed E-state index contributed by atoms with van der Waals surface area (Å²) in [6.07, 6.45) is 4.47. The van der Waals surface area contributed by atoms with Crippen LogP contribution in [-0.4, -0.2) is 24.5 Å². The van der Waals surface area contributed by atoms with Crippen LogP contribution < -0.4 is 0 Å². The number of hydrogen-bond acceptors (Lipinski definition) is 3. The second-order valence-electron chi connectivity index (χ2n) is 4.14. The Kier molecular flexibility index (Phi) is 3.47. The molecule has 0 N–H and O–H groups in total. The minimum absolute atomic E-state index is 0.0789. The normalized spacial score (nSPS) is 17.8. The zero-order valence-electron chi connectivity index (χ0n) is 10.2. The van der Waals surface area contributed by atoms with Crippen LogP contribution in [0.3, 0.4) is 0 Å². The fraction of sp³-hybridized carbons (Fsp3) is 0.357. The molecule has 1 heterocycles. The molecule has 0 saturated heterocycles. The van der Waals surface area contributed by atoms with E-state index in [0.717, 1.165) is 0 Å². The summed E-state index contributed by atoms with van der Waals surface area (Å²) in [6.45, 7) is 2.27. The minimum Gasteiger partial charge on any atom is -0.466 e. The number of nitrogens with zero attached hydrogens (tertiary/aromatic N) is 1. The van der Waals surface area contributed by atoms with Crippen molar-refractivity contribution in [3.8, 4) is 0 Å². The summed E-state index contributed by atoms with van der Waals surface area (Å²) in [5, 5.41) is 0. The molecule has 0 aliphatic carbocycles. The predicted molar refractivity (Wildman–Crippen MR) is 67.2 cm³/mol. The van der Waals surface area contributed by atoms with Crippen LogP contribution in [-0.2, 0) is 9.53 Å². The minimum atomic E-state index is -0.144. The van der Waals surface area contributed by atoms with Crippen molar-refractivity contribution in [2.24, 2.45) is 0 Å². The van der Waals surface area contributed by atoms with Gasteiger partial charge in [-0.1, -0.05) is 24.3 Å². The third kappa shape index (κ3) is 2.49. The zero-order valence-corrected chi connectivity index (χ0v) is 10.2. The van der Waals surface area contributed by atoms with Gasteiger partial charge in [0, 0.05) is 7.05 Å². The first-order chi connectivity index (χ1) is 8.22. The van der Waals surface area contributed by atoms with Crippen LogP contribution in [0.25, 0.3) is 6.08 Å². The predicted octanol–water partition coefficient (Wildman–Crippen LogP) is 2.60. The van der Waals surface area contributed by atoms with Gasteiger partial charge in [0.05, 0.1) is 19.1 Å². The van der Waals surface area contributed by atoms with Crippen LogP contribution in [0, 0.1) is 0 Å². The third-order valence-electron chi connectivity index (χ3n) is 3.00. The largest absolute Gasteiger partial charge is 0.466 e. The van der Waals surface area contributed by atoms with Crippen molar-refractivity contribution >= 4 is 12.0 Å². The van der Waals surface area contributed by atoms with Gasteiger partial charge in [-0.2, -0.15) is 0 Å². The summed E-state index contributed by atoms with van der Waals surface area (Å²) in [4.78, 5) is 13.6. The third-order valence-corrected chi connectivity index (χ3v) is 3.00. The van der Waals surface area contributed by atoms with Crippen molar-refractivity contribution in [3.05, 3.63) is 41.6 Å². The van der Waals surface area contributed by atoms with E-state index in [1.54, 1.807) is 0 Å². The number of ether oxygens (including phenoxy) is 1. The lowest BCUT2D eigenvalue weighted by molar-refractivity contribution is -0.144. The number of rotatable bonds is 3. The Morgan fingerprint density at radius 1 is 1.41 bits per heavy atom. The first-order valence-electron chi connectivity index (χ1n) is 5.87. The Morgan fingerprint density at radius 3 is 2.94 bits per heavy atom. The monoisotopic (exact) mass is 231 g/mol. The number of fused-ring (bicyclic) bond motifs is 1. The van der Waals surface area contributed by atoms with Gasteiger partial charge in [-0.15, -0.1) is 0 Å². The summed E-state index contributed by atoms with van der Waals surface area (Å²) in [5.74, 6) is -0.144. The summed E-state index contributed by atoms with van der Waals surface area (Å²) in [6, 6.07) is 8.23. The highest BCUT2D eigenvalue weighted by atomic mass is 16.5. The van der Waals surface area contributed by atoms with Crippen molar-refractivity contribution < 1.29 is 9.53 Å². The van der Waals surface area contributed by atoms with E-state index in [2.05, 4.69) is 23.1 Å². The summed E-state index contributed by atoms with van der Waals surface area (Å²) >= 11 is 0. The van der Waals surface area contributed by atoms with E-state index < -0.39 is 0 Å². The molecule has 0 spiro atoms. The molecule has 1 atom stereocenters. The van der Waals surface area contributed by atoms with Gasteiger partial charge in [0.25, 0.3) is 0 Å². The molecule has 1 aliphatic rings. The Labute approximate surface area is 102 Å². The average molecular weight is 231 g/mol. The van der Waals surface area contributed by atoms with E-state index in [4.69, 9.17) is 4.74 Å². The summed E-state index contributed by atoms with van der Waals surface area (Å²) < 4.78 is 5.02. The highest BCUT2D eigenvalue weighted by Gasteiger charge is 2.23.